The monoisotopic (exact) mass is 305 g/mol. The Kier molecular flexibility index (Phi) is 3.96. The van der Waals surface area contributed by atoms with E-state index in [0.717, 1.165) is 42.6 Å². The molecule has 0 amide bonds. The quantitative estimate of drug-likeness (QED) is 0.826. The van der Waals surface area contributed by atoms with Crippen molar-refractivity contribution in [2.75, 3.05) is 6.54 Å². The molecule has 0 fully saturated rings. The molecule has 22 heavy (non-hydrogen) atoms. The topological polar surface area (TPSA) is 12.0 Å². The first-order valence-electron chi connectivity index (χ1n) is 7.53. The first kappa shape index (κ1) is 15.1. The van der Waals surface area contributed by atoms with Crippen LogP contribution in [-0.2, 0) is 12.6 Å². The molecule has 0 saturated carbocycles. The van der Waals surface area contributed by atoms with Crippen molar-refractivity contribution in [2.45, 2.75) is 32.0 Å². The summed E-state index contributed by atoms with van der Waals surface area (Å²) in [6.07, 6.45) is -2.28. The van der Waals surface area contributed by atoms with Gasteiger partial charge >= 0.3 is 6.18 Å². The lowest BCUT2D eigenvalue weighted by molar-refractivity contribution is -0.137. The van der Waals surface area contributed by atoms with Crippen molar-refractivity contribution >= 4 is 0 Å². The van der Waals surface area contributed by atoms with Gasteiger partial charge in [0, 0.05) is 6.04 Å². The van der Waals surface area contributed by atoms with E-state index in [9.17, 15) is 13.2 Å². The second kappa shape index (κ2) is 5.76. The van der Waals surface area contributed by atoms with Crippen LogP contribution in [0.1, 0.15) is 36.1 Å². The first-order chi connectivity index (χ1) is 10.5. The zero-order valence-corrected chi connectivity index (χ0v) is 12.4. The average Bonchev–Trinajstić information content (AvgIpc) is 2.53. The number of nitrogens with one attached hydrogen (secondary N) is 1. The number of fused-ring (bicyclic) bond motifs is 1. The molecule has 0 spiro atoms. The van der Waals surface area contributed by atoms with Crippen LogP contribution in [0.4, 0.5) is 13.2 Å². The standard InChI is InChI=1S/C18H18F3N/c1-2-17-16-11-14(4-3-13(16)9-10-22-17)12-5-7-15(8-6-12)18(19,20)21/h3-8,11,17,22H,2,9-10H2,1H3. The van der Waals surface area contributed by atoms with Gasteiger partial charge in [0.2, 0.25) is 0 Å². The van der Waals surface area contributed by atoms with Gasteiger partial charge in [-0.15, -0.1) is 0 Å². The third-order valence-electron chi connectivity index (χ3n) is 4.26. The zero-order valence-electron chi connectivity index (χ0n) is 12.4. The van der Waals surface area contributed by atoms with Gasteiger partial charge in [-0.05, 0) is 59.8 Å². The summed E-state index contributed by atoms with van der Waals surface area (Å²) in [7, 11) is 0. The molecule has 2 aromatic carbocycles. The molecule has 0 aromatic heterocycles. The highest BCUT2D eigenvalue weighted by Crippen LogP contribution is 2.33. The number of hydrogen-bond donors (Lipinski definition) is 1. The fourth-order valence-corrected chi connectivity index (χ4v) is 3.03. The number of benzene rings is 2. The van der Waals surface area contributed by atoms with Gasteiger partial charge < -0.3 is 5.32 Å². The van der Waals surface area contributed by atoms with E-state index in [1.807, 2.05) is 6.07 Å². The molecule has 0 bridgehead atoms. The molecule has 0 radical (unpaired) electrons. The smallest absolute Gasteiger partial charge is 0.310 e. The van der Waals surface area contributed by atoms with Crippen LogP contribution in [0.5, 0.6) is 0 Å². The van der Waals surface area contributed by atoms with Crippen molar-refractivity contribution in [3.05, 3.63) is 59.2 Å². The van der Waals surface area contributed by atoms with Gasteiger partial charge in [-0.1, -0.05) is 31.2 Å². The lowest BCUT2D eigenvalue weighted by Crippen LogP contribution is -2.29. The van der Waals surface area contributed by atoms with Gasteiger partial charge in [-0.3, -0.25) is 0 Å². The highest BCUT2D eigenvalue weighted by molar-refractivity contribution is 5.65. The molecular formula is C18H18F3N. The molecule has 0 aliphatic carbocycles. The maximum Gasteiger partial charge on any atom is 0.416 e. The van der Waals surface area contributed by atoms with Crippen molar-refractivity contribution < 1.29 is 13.2 Å². The molecule has 1 atom stereocenters. The highest BCUT2D eigenvalue weighted by Gasteiger charge is 2.30. The fraction of sp³-hybridized carbons (Fsp3) is 0.333. The number of halogens is 3. The first-order valence-corrected chi connectivity index (χ1v) is 7.53. The Bertz CT molecular complexity index is 659. The summed E-state index contributed by atoms with van der Waals surface area (Å²) in [5.41, 5.74) is 3.78. The summed E-state index contributed by atoms with van der Waals surface area (Å²) in [6.45, 7) is 3.11. The maximum absolute atomic E-state index is 12.6. The SMILES string of the molecule is CCC1NCCc2ccc(-c3ccc(C(F)(F)F)cc3)cc21. The van der Waals surface area contributed by atoms with Crippen molar-refractivity contribution in [1.29, 1.82) is 0 Å². The van der Waals surface area contributed by atoms with Gasteiger partial charge in [0.1, 0.15) is 0 Å². The summed E-state index contributed by atoms with van der Waals surface area (Å²) in [5.74, 6) is 0. The minimum Gasteiger partial charge on any atom is -0.310 e. The Balaban J connectivity index is 1.95. The third kappa shape index (κ3) is 2.88. The fourth-order valence-electron chi connectivity index (χ4n) is 3.03. The lowest BCUT2D eigenvalue weighted by atomic mass is 9.89. The molecule has 1 heterocycles. The summed E-state index contributed by atoms with van der Waals surface area (Å²) in [5, 5.41) is 3.48. The van der Waals surface area contributed by atoms with Crippen LogP contribution in [0, 0.1) is 0 Å². The van der Waals surface area contributed by atoms with E-state index in [2.05, 4.69) is 24.4 Å². The van der Waals surface area contributed by atoms with E-state index in [-0.39, 0.29) is 0 Å². The maximum atomic E-state index is 12.6. The third-order valence-corrected chi connectivity index (χ3v) is 4.26. The second-order valence-electron chi connectivity index (χ2n) is 5.65. The van der Waals surface area contributed by atoms with Gasteiger partial charge in [0.15, 0.2) is 0 Å². The normalized spacial score (nSPS) is 18.1. The predicted molar refractivity (Wildman–Crippen MR) is 81.6 cm³/mol. The van der Waals surface area contributed by atoms with Crippen LogP contribution in [-0.4, -0.2) is 6.54 Å². The highest BCUT2D eigenvalue weighted by atomic mass is 19.4. The van der Waals surface area contributed by atoms with Gasteiger partial charge in [-0.2, -0.15) is 13.2 Å². The summed E-state index contributed by atoms with van der Waals surface area (Å²) in [6, 6.07) is 11.9. The average molecular weight is 305 g/mol. The molecular weight excluding hydrogens is 287 g/mol. The summed E-state index contributed by atoms with van der Waals surface area (Å²) < 4.78 is 37.9. The Hall–Kier alpha value is -1.81. The molecule has 1 N–H and O–H groups in total. The largest absolute Gasteiger partial charge is 0.416 e. The minimum absolute atomic E-state index is 0.332. The van der Waals surface area contributed by atoms with Crippen molar-refractivity contribution in [3.63, 3.8) is 0 Å². The van der Waals surface area contributed by atoms with Crippen LogP contribution in [0.3, 0.4) is 0 Å². The Morgan fingerprint density at radius 3 is 2.36 bits per heavy atom. The molecule has 1 nitrogen and oxygen atoms in total. The van der Waals surface area contributed by atoms with Crippen LogP contribution in [0.15, 0.2) is 42.5 Å². The Labute approximate surface area is 128 Å². The van der Waals surface area contributed by atoms with E-state index in [1.54, 1.807) is 12.1 Å². The molecule has 116 valence electrons. The molecule has 2 aromatic rings. The van der Waals surface area contributed by atoms with Crippen LogP contribution in [0.25, 0.3) is 11.1 Å². The van der Waals surface area contributed by atoms with Gasteiger partial charge in [0.05, 0.1) is 5.56 Å². The zero-order chi connectivity index (χ0) is 15.7. The van der Waals surface area contributed by atoms with E-state index >= 15 is 0 Å². The van der Waals surface area contributed by atoms with Crippen molar-refractivity contribution in [1.82, 2.24) is 5.32 Å². The van der Waals surface area contributed by atoms with Crippen LogP contribution in [0.2, 0.25) is 0 Å². The molecule has 1 aliphatic heterocycles. The van der Waals surface area contributed by atoms with E-state index in [0.29, 0.717) is 6.04 Å². The van der Waals surface area contributed by atoms with Gasteiger partial charge in [0.25, 0.3) is 0 Å². The second-order valence-corrected chi connectivity index (χ2v) is 5.65. The molecule has 4 heteroatoms. The minimum atomic E-state index is -4.29. The molecule has 1 unspecified atom stereocenters. The molecule has 0 saturated heterocycles. The van der Waals surface area contributed by atoms with Crippen LogP contribution >= 0.6 is 0 Å². The number of rotatable bonds is 2. The van der Waals surface area contributed by atoms with Crippen molar-refractivity contribution in [2.24, 2.45) is 0 Å². The lowest BCUT2D eigenvalue weighted by Gasteiger charge is -2.26. The van der Waals surface area contributed by atoms with E-state index in [1.165, 1.54) is 11.1 Å². The number of hydrogen-bond acceptors (Lipinski definition) is 1. The summed E-state index contributed by atoms with van der Waals surface area (Å²) in [4.78, 5) is 0. The summed E-state index contributed by atoms with van der Waals surface area (Å²) >= 11 is 0. The number of alkyl halides is 3. The molecule has 3 rings (SSSR count). The van der Waals surface area contributed by atoms with Crippen LogP contribution < -0.4 is 5.32 Å². The van der Waals surface area contributed by atoms with Crippen molar-refractivity contribution in [3.8, 4) is 11.1 Å². The van der Waals surface area contributed by atoms with E-state index < -0.39 is 11.7 Å². The van der Waals surface area contributed by atoms with Gasteiger partial charge in [-0.25, -0.2) is 0 Å². The van der Waals surface area contributed by atoms with E-state index in [4.69, 9.17) is 0 Å². The predicted octanol–water partition coefficient (Wildman–Crippen LogP) is 4.97. The Morgan fingerprint density at radius 1 is 1.05 bits per heavy atom. The Morgan fingerprint density at radius 2 is 1.73 bits per heavy atom. The molecule has 1 aliphatic rings.